The molecule has 0 bridgehead atoms. The lowest BCUT2D eigenvalue weighted by atomic mass is 10.1. The van der Waals surface area contributed by atoms with E-state index in [1.165, 1.54) is 4.57 Å². The molecule has 0 aliphatic carbocycles. The van der Waals surface area contributed by atoms with E-state index in [4.69, 9.17) is 9.26 Å². The van der Waals surface area contributed by atoms with Crippen molar-refractivity contribution < 1.29 is 9.26 Å². The van der Waals surface area contributed by atoms with Crippen LogP contribution in [0.15, 0.2) is 76.2 Å². The van der Waals surface area contributed by atoms with Gasteiger partial charge in [-0.25, -0.2) is 4.79 Å². The van der Waals surface area contributed by atoms with E-state index in [2.05, 4.69) is 16.2 Å². The number of nitrogens with zero attached hydrogens (tertiary/aromatic N) is 3. The molecule has 6 heteroatoms. The number of fused-ring (bicyclic) bond motifs is 1. The average Bonchev–Trinajstić information content (AvgIpc) is 3.03. The molecule has 2 aromatic carbocycles. The van der Waals surface area contributed by atoms with Crippen molar-refractivity contribution in [2.24, 2.45) is 0 Å². The van der Waals surface area contributed by atoms with Crippen LogP contribution in [0.25, 0.3) is 22.3 Å². The van der Waals surface area contributed by atoms with E-state index in [1.54, 1.807) is 18.3 Å². The lowest BCUT2D eigenvalue weighted by Gasteiger charge is -2.08. The van der Waals surface area contributed by atoms with E-state index in [-0.39, 0.29) is 0 Å². The first-order chi connectivity index (χ1) is 12.3. The molecule has 0 atom stereocenters. The molecule has 0 aliphatic rings. The Morgan fingerprint density at radius 3 is 2.68 bits per heavy atom. The molecule has 0 unspecified atom stereocenters. The van der Waals surface area contributed by atoms with Crippen molar-refractivity contribution in [3.8, 4) is 17.3 Å². The van der Waals surface area contributed by atoms with Crippen LogP contribution in [0.2, 0.25) is 0 Å². The van der Waals surface area contributed by atoms with Gasteiger partial charge in [0.05, 0.1) is 6.54 Å². The fourth-order valence-electron chi connectivity index (χ4n) is 2.66. The lowest BCUT2D eigenvalue weighted by molar-refractivity contribution is 0.290. The Bertz CT molecular complexity index is 1050. The standard InChI is InChI=1S/C19H15N3O3/c23-19-22(18(21-25-19)17-7-3-4-10-20-17)11-12-24-16-9-8-14-5-1-2-6-15(14)13-16/h1-10,13H,11-12H2. The van der Waals surface area contributed by atoms with E-state index < -0.39 is 5.76 Å². The van der Waals surface area contributed by atoms with Gasteiger partial charge in [-0.2, -0.15) is 0 Å². The number of pyridine rings is 1. The highest BCUT2D eigenvalue weighted by molar-refractivity contribution is 5.83. The maximum absolute atomic E-state index is 11.9. The highest BCUT2D eigenvalue weighted by Crippen LogP contribution is 2.20. The summed E-state index contributed by atoms with van der Waals surface area (Å²) in [7, 11) is 0. The molecule has 0 N–H and O–H groups in total. The number of hydrogen-bond acceptors (Lipinski definition) is 5. The Morgan fingerprint density at radius 2 is 1.84 bits per heavy atom. The van der Waals surface area contributed by atoms with Gasteiger partial charge in [0.15, 0.2) is 0 Å². The van der Waals surface area contributed by atoms with Crippen molar-refractivity contribution in [3.05, 3.63) is 77.4 Å². The second-order valence-corrected chi connectivity index (χ2v) is 5.50. The molecular formula is C19H15N3O3. The van der Waals surface area contributed by atoms with Crippen molar-refractivity contribution in [1.29, 1.82) is 0 Å². The van der Waals surface area contributed by atoms with E-state index in [0.29, 0.717) is 24.7 Å². The van der Waals surface area contributed by atoms with Gasteiger partial charge >= 0.3 is 5.76 Å². The molecule has 6 nitrogen and oxygen atoms in total. The SMILES string of the molecule is O=c1onc(-c2ccccn2)n1CCOc1ccc2ccccc2c1. The van der Waals surface area contributed by atoms with Crippen LogP contribution in [0.1, 0.15) is 0 Å². The minimum Gasteiger partial charge on any atom is -0.492 e. The number of benzene rings is 2. The van der Waals surface area contributed by atoms with Crippen LogP contribution in [0.3, 0.4) is 0 Å². The smallest absolute Gasteiger partial charge is 0.442 e. The Balaban J connectivity index is 1.50. The third-order valence-corrected chi connectivity index (χ3v) is 3.88. The second-order valence-electron chi connectivity index (χ2n) is 5.50. The maximum Gasteiger partial charge on any atom is 0.442 e. The molecule has 0 saturated heterocycles. The number of aromatic nitrogens is 3. The van der Waals surface area contributed by atoms with Crippen LogP contribution in [0, 0.1) is 0 Å². The summed E-state index contributed by atoms with van der Waals surface area (Å²) in [5.74, 6) is 0.623. The Morgan fingerprint density at radius 1 is 1.00 bits per heavy atom. The molecule has 0 amide bonds. The molecule has 25 heavy (non-hydrogen) atoms. The third-order valence-electron chi connectivity index (χ3n) is 3.88. The van der Waals surface area contributed by atoms with Crippen LogP contribution >= 0.6 is 0 Å². The van der Waals surface area contributed by atoms with Crippen LogP contribution in [0.4, 0.5) is 0 Å². The molecule has 0 saturated carbocycles. The summed E-state index contributed by atoms with van der Waals surface area (Å²) in [6.45, 7) is 0.639. The zero-order valence-electron chi connectivity index (χ0n) is 13.3. The minimum absolute atomic E-state index is 0.319. The van der Waals surface area contributed by atoms with Crippen molar-refractivity contribution in [1.82, 2.24) is 14.7 Å². The normalized spacial score (nSPS) is 10.9. The monoisotopic (exact) mass is 333 g/mol. The maximum atomic E-state index is 11.9. The molecule has 0 radical (unpaired) electrons. The summed E-state index contributed by atoms with van der Waals surface area (Å²) in [6, 6.07) is 19.4. The summed E-state index contributed by atoms with van der Waals surface area (Å²) >= 11 is 0. The predicted octanol–water partition coefficient (Wildman–Crippen LogP) is 3.13. The van der Waals surface area contributed by atoms with Gasteiger partial charge in [0.1, 0.15) is 18.1 Å². The lowest BCUT2D eigenvalue weighted by Crippen LogP contribution is -2.20. The topological polar surface area (TPSA) is 70.2 Å². The summed E-state index contributed by atoms with van der Waals surface area (Å²) in [5, 5.41) is 6.07. The third kappa shape index (κ3) is 3.14. The summed E-state index contributed by atoms with van der Waals surface area (Å²) < 4.78 is 12.0. The van der Waals surface area contributed by atoms with Gasteiger partial charge in [-0.1, -0.05) is 41.6 Å². The highest BCUT2D eigenvalue weighted by Gasteiger charge is 2.13. The first-order valence-electron chi connectivity index (χ1n) is 7.91. The van der Waals surface area contributed by atoms with Crippen LogP contribution in [0.5, 0.6) is 5.75 Å². The van der Waals surface area contributed by atoms with E-state index in [1.807, 2.05) is 42.5 Å². The zero-order valence-corrected chi connectivity index (χ0v) is 13.3. The Labute approximate surface area is 143 Å². The van der Waals surface area contributed by atoms with Crippen LogP contribution < -0.4 is 10.5 Å². The molecule has 2 heterocycles. The van der Waals surface area contributed by atoms with Gasteiger partial charge in [-0.3, -0.25) is 14.1 Å². The molecule has 4 rings (SSSR count). The number of hydrogen-bond donors (Lipinski definition) is 0. The fourth-order valence-corrected chi connectivity index (χ4v) is 2.66. The van der Waals surface area contributed by atoms with Crippen molar-refractivity contribution in [2.75, 3.05) is 6.61 Å². The zero-order chi connectivity index (χ0) is 17.1. The number of rotatable bonds is 5. The molecule has 0 fully saturated rings. The van der Waals surface area contributed by atoms with Gasteiger partial charge in [-0.15, -0.1) is 0 Å². The Hall–Kier alpha value is -3.41. The van der Waals surface area contributed by atoms with E-state index >= 15 is 0 Å². The minimum atomic E-state index is -0.525. The molecule has 4 aromatic rings. The van der Waals surface area contributed by atoms with Crippen molar-refractivity contribution in [2.45, 2.75) is 6.54 Å². The predicted molar refractivity (Wildman–Crippen MR) is 93.4 cm³/mol. The van der Waals surface area contributed by atoms with Gasteiger partial charge < -0.3 is 4.74 Å². The summed E-state index contributed by atoms with van der Waals surface area (Å²) in [5.41, 5.74) is 0.582. The summed E-state index contributed by atoms with van der Waals surface area (Å²) in [4.78, 5) is 16.1. The first-order valence-corrected chi connectivity index (χ1v) is 7.91. The first kappa shape index (κ1) is 15.1. The van der Waals surface area contributed by atoms with Crippen LogP contribution in [-0.2, 0) is 6.54 Å². The fraction of sp³-hybridized carbons (Fsp3) is 0.105. The van der Waals surface area contributed by atoms with Gasteiger partial charge in [0.2, 0.25) is 5.82 Å². The van der Waals surface area contributed by atoms with Crippen LogP contribution in [-0.4, -0.2) is 21.3 Å². The second kappa shape index (κ2) is 6.60. The molecule has 124 valence electrons. The Kier molecular flexibility index (Phi) is 4.00. The largest absolute Gasteiger partial charge is 0.492 e. The van der Waals surface area contributed by atoms with Crippen molar-refractivity contribution in [3.63, 3.8) is 0 Å². The molecule has 0 spiro atoms. The molecular weight excluding hydrogens is 318 g/mol. The van der Waals surface area contributed by atoms with E-state index in [9.17, 15) is 4.79 Å². The molecule has 0 aliphatic heterocycles. The quantitative estimate of drug-likeness (QED) is 0.561. The van der Waals surface area contributed by atoms with Crippen molar-refractivity contribution >= 4 is 10.8 Å². The van der Waals surface area contributed by atoms with Gasteiger partial charge in [-0.05, 0) is 35.0 Å². The van der Waals surface area contributed by atoms with Gasteiger partial charge in [0, 0.05) is 6.20 Å². The number of ether oxygens (including phenoxy) is 1. The summed E-state index contributed by atoms with van der Waals surface area (Å²) in [6.07, 6.45) is 1.64. The highest BCUT2D eigenvalue weighted by atomic mass is 16.5. The van der Waals surface area contributed by atoms with E-state index in [0.717, 1.165) is 16.5 Å². The molecule has 2 aromatic heterocycles. The van der Waals surface area contributed by atoms with Gasteiger partial charge in [0.25, 0.3) is 0 Å². The average molecular weight is 333 g/mol.